The smallest absolute Gasteiger partial charge is 0.163 e. The maximum absolute atomic E-state index is 10.8. The number of hydrogen-bond donors (Lipinski definition) is 0. The Bertz CT molecular complexity index is 555. The highest BCUT2D eigenvalue weighted by molar-refractivity contribution is 6.34. The molecule has 0 saturated carbocycles. The molecule has 0 spiro atoms. The van der Waals surface area contributed by atoms with Crippen molar-refractivity contribution in [3.63, 3.8) is 0 Å². The van der Waals surface area contributed by atoms with E-state index in [9.17, 15) is 4.79 Å². The predicted molar refractivity (Wildman–Crippen MR) is 74.1 cm³/mol. The van der Waals surface area contributed by atoms with Crippen molar-refractivity contribution in [2.75, 3.05) is 0 Å². The normalized spacial score (nSPS) is 9.53. The van der Waals surface area contributed by atoms with E-state index in [0.717, 1.165) is 0 Å². The number of ketones is 1. The van der Waals surface area contributed by atoms with Crippen molar-refractivity contribution in [3.8, 4) is 0 Å². The zero-order valence-electron chi connectivity index (χ0n) is 9.44. The molecule has 0 N–H and O–H groups in total. The van der Waals surface area contributed by atoms with Crippen LogP contribution < -0.4 is 0 Å². The van der Waals surface area contributed by atoms with E-state index in [1.807, 2.05) is 0 Å². The number of carbonyl (C=O) groups excluding carboxylic acids is 1. The van der Waals surface area contributed by atoms with Gasteiger partial charge in [0.15, 0.2) is 26.4 Å². The third kappa shape index (κ3) is 5.65. The average Bonchev–Trinajstić information content (AvgIpc) is 2.36. The fourth-order valence-electron chi connectivity index (χ4n) is 0.900. The van der Waals surface area contributed by atoms with Gasteiger partial charge in [-0.3, -0.25) is 4.79 Å². The van der Waals surface area contributed by atoms with Gasteiger partial charge in [-0.2, -0.15) is 0 Å². The van der Waals surface area contributed by atoms with Crippen molar-refractivity contribution in [1.29, 1.82) is 0 Å². The predicted octanol–water partition coefficient (Wildman–Crippen LogP) is 3.77. The van der Waals surface area contributed by atoms with Gasteiger partial charge in [-0.05, 0) is 25.1 Å². The standard InChI is InChI=1S/C6H4Cl2N2O.C4H2Cl2N2/c1-3(11)4-2-5(7)9-10-6(4)8;5-3-1-2-4(6)8-7-3/h2H,1H3;1-2H. The lowest BCUT2D eigenvalue weighted by molar-refractivity contribution is 0.101. The third-order valence-corrected chi connectivity index (χ3v) is 2.56. The SMILES string of the molecule is CC(=O)c1cc(Cl)nnc1Cl.Clc1ccc(Cl)nn1. The Balaban J connectivity index is 0.000000200. The molecule has 0 aliphatic carbocycles. The van der Waals surface area contributed by atoms with Crippen molar-refractivity contribution in [3.05, 3.63) is 44.4 Å². The second-order valence-electron chi connectivity index (χ2n) is 3.11. The summed E-state index contributed by atoms with van der Waals surface area (Å²) < 4.78 is 0. The van der Waals surface area contributed by atoms with Gasteiger partial charge < -0.3 is 0 Å². The van der Waals surface area contributed by atoms with Crippen LogP contribution in [0.4, 0.5) is 0 Å². The van der Waals surface area contributed by atoms with Gasteiger partial charge in [0.2, 0.25) is 0 Å². The van der Waals surface area contributed by atoms with Gasteiger partial charge in [0.1, 0.15) is 0 Å². The highest BCUT2D eigenvalue weighted by Gasteiger charge is 2.07. The van der Waals surface area contributed by atoms with E-state index in [0.29, 0.717) is 15.9 Å². The molecule has 0 radical (unpaired) electrons. The van der Waals surface area contributed by atoms with E-state index >= 15 is 0 Å². The molecule has 2 rings (SSSR count). The lowest BCUT2D eigenvalue weighted by atomic mass is 10.2. The van der Waals surface area contributed by atoms with E-state index < -0.39 is 0 Å². The molecule has 0 aromatic carbocycles. The van der Waals surface area contributed by atoms with Gasteiger partial charge in [0.05, 0.1) is 5.56 Å². The average molecular weight is 340 g/mol. The summed E-state index contributed by atoms with van der Waals surface area (Å²) in [5, 5.41) is 14.8. The lowest BCUT2D eigenvalue weighted by Gasteiger charge is -1.96. The zero-order chi connectivity index (χ0) is 14.4. The Morgan fingerprint density at radius 2 is 1.37 bits per heavy atom. The molecule has 5 nitrogen and oxygen atoms in total. The van der Waals surface area contributed by atoms with Gasteiger partial charge in [-0.15, -0.1) is 20.4 Å². The van der Waals surface area contributed by atoms with Crippen LogP contribution in [0.5, 0.6) is 0 Å². The van der Waals surface area contributed by atoms with Crippen LogP contribution in [0.2, 0.25) is 20.6 Å². The minimum atomic E-state index is -0.174. The van der Waals surface area contributed by atoms with Crippen LogP contribution in [0, 0.1) is 0 Å². The fourth-order valence-corrected chi connectivity index (χ4v) is 1.47. The number of Topliss-reactive ketones (excluding diaryl/α,β-unsaturated/α-hetero) is 1. The molecule has 2 aromatic heterocycles. The Kier molecular flexibility index (Phi) is 6.37. The van der Waals surface area contributed by atoms with E-state index in [4.69, 9.17) is 46.4 Å². The molecule has 2 aromatic rings. The molecular weight excluding hydrogens is 334 g/mol. The summed E-state index contributed by atoms with van der Waals surface area (Å²) in [4.78, 5) is 10.8. The Hall–Kier alpha value is -1.01. The zero-order valence-corrected chi connectivity index (χ0v) is 12.5. The number of rotatable bonds is 1. The van der Waals surface area contributed by atoms with Crippen LogP contribution in [-0.4, -0.2) is 26.2 Å². The van der Waals surface area contributed by atoms with E-state index in [-0.39, 0.29) is 16.1 Å². The fraction of sp³-hybridized carbons (Fsp3) is 0.100. The maximum atomic E-state index is 10.8. The van der Waals surface area contributed by atoms with Crippen LogP contribution in [0.3, 0.4) is 0 Å². The number of aromatic nitrogens is 4. The summed E-state index contributed by atoms with van der Waals surface area (Å²) in [5.41, 5.74) is 0.298. The van der Waals surface area contributed by atoms with Gasteiger partial charge in [0, 0.05) is 0 Å². The van der Waals surface area contributed by atoms with Crippen molar-refractivity contribution in [2.24, 2.45) is 0 Å². The summed E-state index contributed by atoms with van der Waals surface area (Å²) in [6.45, 7) is 1.39. The van der Waals surface area contributed by atoms with Crippen LogP contribution in [0.25, 0.3) is 0 Å². The quantitative estimate of drug-likeness (QED) is 0.739. The van der Waals surface area contributed by atoms with E-state index in [1.54, 1.807) is 12.1 Å². The first kappa shape index (κ1) is 16.0. The van der Waals surface area contributed by atoms with Crippen LogP contribution >= 0.6 is 46.4 Å². The minimum absolute atomic E-state index is 0.0851. The molecule has 0 aliphatic heterocycles. The summed E-state index contributed by atoms with van der Waals surface area (Å²) in [6, 6.07) is 4.55. The molecule has 0 unspecified atom stereocenters. The largest absolute Gasteiger partial charge is 0.294 e. The number of carbonyl (C=O) groups is 1. The number of hydrogen-bond acceptors (Lipinski definition) is 5. The van der Waals surface area contributed by atoms with Crippen molar-refractivity contribution >= 4 is 52.2 Å². The second-order valence-corrected chi connectivity index (χ2v) is 4.63. The minimum Gasteiger partial charge on any atom is -0.294 e. The second kappa shape index (κ2) is 7.55. The molecule has 19 heavy (non-hydrogen) atoms. The monoisotopic (exact) mass is 338 g/mol. The highest BCUT2D eigenvalue weighted by atomic mass is 35.5. The Morgan fingerprint density at radius 1 is 0.895 bits per heavy atom. The molecular formula is C10H6Cl4N4O. The molecule has 0 aliphatic rings. The Morgan fingerprint density at radius 3 is 1.74 bits per heavy atom. The number of halogens is 4. The highest BCUT2D eigenvalue weighted by Crippen LogP contribution is 2.15. The molecule has 100 valence electrons. The first-order valence-electron chi connectivity index (χ1n) is 4.74. The summed E-state index contributed by atoms with van der Waals surface area (Å²) in [5.74, 6) is -0.174. The van der Waals surface area contributed by atoms with Gasteiger partial charge in [-0.1, -0.05) is 46.4 Å². The molecule has 9 heteroatoms. The summed E-state index contributed by atoms with van der Waals surface area (Å²) in [7, 11) is 0. The van der Waals surface area contributed by atoms with E-state index in [2.05, 4.69) is 20.4 Å². The molecule has 0 amide bonds. The Labute approximate surface area is 128 Å². The molecule has 0 atom stereocenters. The topological polar surface area (TPSA) is 68.6 Å². The first-order valence-corrected chi connectivity index (χ1v) is 6.25. The molecule has 2 heterocycles. The van der Waals surface area contributed by atoms with Crippen LogP contribution in [-0.2, 0) is 0 Å². The summed E-state index contributed by atoms with van der Waals surface area (Å²) >= 11 is 21.8. The van der Waals surface area contributed by atoms with Gasteiger partial charge >= 0.3 is 0 Å². The van der Waals surface area contributed by atoms with Crippen LogP contribution in [0.15, 0.2) is 18.2 Å². The first-order chi connectivity index (χ1) is 8.90. The van der Waals surface area contributed by atoms with Crippen molar-refractivity contribution < 1.29 is 4.79 Å². The molecule has 0 saturated heterocycles. The van der Waals surface area contributed by atoms with Gasteiger partial charge in [-0.25, -0.2) is 0 Å². The van der Waals surface area contributed by atoms with Gasteiger partial charge in [0.25, 0.3) is 0 Å². The van der Waals surface area contributed by atoms with E-state index in [1.165, 1.54) is 13.0 Å². The summed E-state index contributed by atoms with van der Waals surface area (Å²) in [6.07, 6.45) is 0. The van der Waals surface area contributed by atoms with Crippen LogP contribution in [0.1, 0.15) is 17.3 Å². The van der Waals surface area contributed by atoms with Crippen molar-refractivity contribution in [1.82, 2.24) is 20.4 Å². The molecule has 0 bridgehead atoms. The third-order valence-electron chi connectivity index (χ3n) is 1.70. The number of nitrogens with zero attached hydrogens (tertiary/aromatic N) is 4. The lowest BCUT2D eigenvalue weighted by Crippen LogP contribution is -1.97. The molecule has 0 fully saturated rings. The van der Waals surface area contributed by atoms with Crippen molar-refractivity contribution in [2.45, 2.75) is 6.92 Å². The maximum Gasteiger partial charge on any atom is 0.163 e.